The van der Waals surface area contributed by atoms with Crippen molar-refractivity contribution < 1.29 is 0 Å². The van der Waals surface area contributed by atoms with Gasteiger partial charge in [-0.25, -0.2) is 0 Å². The highest BCUT2D eigenvalue weighted by atomic mass is 15.2. The summed E-state index contributed by atoms with van der Waals surface area (Å²) in [5.41, 5.74) is 6.07. The molecule has 0 radical (unpaired) electrons. The highest BCUT2D eigenvalue weighted by molar-refractivity contribution is 5.86. The van der Waals surface area contributed by atoms with Gasteiger partial charge in [-0.1, -0.05) is 30.3 Å². The van der Waals surface area contributed by atoms with Crippen LogP contribution in [0.25, 0.3) is 22.2 Å². The summed E-state index contributed by atoms with van der Waals surface area (Å²) in [6.45, 7) is 0. The molecule has 4 nitrogen and oxygen atoms in total. The molecule has 3 heterocycles. The van der Waals surface area contributed by atoms with E-state index in [0.717, 1.165) is 30.5 Å². The largest absolute Gasteiger partial charge is 0.343 e. The van der Waals surface area contributed by atoms with E-state index < -0.39 is 0 Å². The van der Waals surface area contributed by atoms with Crippen LogP contribution in [0.15, 0.2) is 61.1 Å². The van der Waals surface area contributed by atoms with E-state index in [-0.39, 0.29) is 0 Å². The van der Waals surface area contributed by atoms with Gasteiger partial charge in [-0.05, 0) is 37.0 Å². The molecule has 0 fully saturated rings. The lowest BCUT2D eigenvalue weighted by atomic mass is 10.1. The Balaban J connectivity index is 1.54. The molecule has 0 N–H and O–H groups in total. The lowest BCUT2D eigenvalue weighted by Crippen LogP contribution is -1.95. The summed E-state index contributed by atoms with van der Waals surface area (Å²) in [4.78, 5) is 4.66. The molecule has 25 heavy (non-hydrogen) atoms. The van der Waals surface area contributed by atoms with Gasteiger partial charge in [-0.3, -0.25) is 9.67 Å². The first-order valence-corrected chi connectivity index (χ1v) is 8.68. The third kappa shape index (κ3) is 3.20. The molecule has 126 valence electrons. The molecule has 0 bridgehead atoms. The second-order valence-electron chi connectivity index (χ2n) is 6.56. The SMILES string of the molecule is Cn1cc(-c2cc3cnc(CCCc4ccccc4)cc3n2C)cn1. The van der Waals surface area contributed by atoms with E-state index in [4.69, 9.17) is 0 Å². The van der Waals surface area contributed by atoms with Crippen LogP contribution in [0.3, 0.4) is 0 Å². The van der Waals surface area contributed by atoms with Gasteiger partial charge in [0.25, 0.3) is 0 Å². The second-order valence-corrected chi connectivity index (χ2v) is 6.56. The zero-order valence-electron chi connectivity index (χ0n) is 14.7. The van der Waals surface area contributed by atoms with Gasteiger partial charge in [0.15, 0.2) is 0 Å². The predicted molar refractivity (Wildman–Crippen MR) is 101 cm³/mol. The lowest BCUT2D eigenvalue weighted by molar-refractivity contribution is 0.768. The molecule has 0 amide bonds. The van der Waals surface area contributed by atoms with Gasteiger partial charge >= 0.3 is 0 Å². The van der Waals surface area contributed by atoms with Crippen LogP contribution in [0, 0.1) is 0 Å². The maximum absolute atomic E-state index is 4.66. The highest BCUT2D eigenvalue weighted by Gasteiger charge is 2.10. The molecule has 0 unspecified atom stereocenters. The van der Waals surface area contributed by atoms with Crippen molar-refractivity contribution in [3.8, 4) is 11.3 Å². The maximum Gasteiger partial charge on any atom is 0.0583 e. The summed E-state index contributed by atoms with van der Waals surface area (Å²) in [6, 6.07) is 15.1. The van der Waals surface area contributed by atoms with Crippen molar-refractivity contribution in [2.24, 2.45) is 14.1 Å². The van der Waals surface area contributed by atoms with E-state index in [9.17, 15) is 0 Å². The van der Waals surface area contributed by atoms with Crippen molar-refractivity contribution in [3.63, 3.8) is 0 Å². The molecule has 0 saturated carbocycles. The number of nitrogens with zero attached hydrogens (tertiary/aromatic N) is 4. The molecular weight excluding hydrogens is 308 g/mol. The molecule has 4 aromatic rings. The van der Waals surface area contributed by atoms with Crippen LogP contribution in [0.4, 0.5) is 0 Å². The van der Waals surface area contributed by atoms with E-state index in [0.29, 0.717) is 0 Å². The first-order valence-electron chi connectivity index (χ1n) is 8.68. The zero-order chi connectivity index (χ0) is 17.2. The number of fused-ring (bicyclic) bond motifs is 1. The van der Waals surface area contributed by atoms with Gasteiger partial charge in [-0.2, -0.15) is 5.10 Å². The molecule has 4 rings (SSSR count). The van der Waals surface area contributed by atoms with Crippen molar-refractivity contribution in [1.29, 1.82) is 0 Å². The Kier molecular flexibility index (Phi) is 4.10. The summed E-state index contributed by atoms with van der Waals surface area (Å²) in [5.74, 6) is 0. The van der Waals surface area contributed by atoms with Crippen molar-refractivity contribution in [2.45, 2.75) is 19.3 Å². The third-order valence-corrected chi connectivity index (χ3v) is 4.73. The minimum Gasteiger partial charge on any atom is -0.343 e. The number of pyridine rings is 1. The first kappa shape index (κ1) is 15.6. The average molecular weight is 330 g/mol. The average Bonchev–Trinajstić information content (AvgIpc) is 3.20. The fourth-order valence-corrected chi connectivity index (χ4v) is 3.36. The molecular formula is C21H22N4. The van der Waals surface area contributed by atoms with E-state index in [2.05, 4.69) is 64.2 Å². The van der Waals surface area contributed by atoms with Gasteiger partial charge in [0.1, 0.15) is 0 Å². The Morgan fingerprint density at radius 2 is 1.80 bits per heavy atom. The van der Waals surface area contributed by atoms with Crippen molar-refractivity contribution in [1.82, 2.24) is 19.3 Å². The molecule has 0 atom stereocenters. The molecule has 0 spiro atoms. The Labute approximate surface area is 147 Å². The molecule has 0 aliphatic carbocycles. The summed E-state index contributed by atoms with van der Waals surface area (Å²) >= 11 is 0. The minimum absolute atomic E-state index is 0.998. The second kappa shape index (κ2) is 6.55. The predicted octanol–water partition coefficient (Wildman–Crippen LogP) is 4.15. The molecule has 3 aromatic heterocycles. The van der Waals surface area contributed by atoms with Crippen LogP contribution < -0.4 is 0 Å². The summed E-state index contributed by atoms with van der Waals surface area (Å²) in [5, 5.41) is 5.45. The van der Waals surface area contributed by atoms with E-state index >= 15 is 0 Å². The highest BCUT2D eigenvalue weighted by Crippen LogP contribution is 2.27. The van der Waals surface area contributed by atoms with Gasteiger partial charge in [0.2, 0.25) is 0 Å². The fourth-order valence-electron chi connectivity index (χ4n) is 3.36. The molecule has 0 saturated heterocycles. The number of aryl methyl sites for hydroxylation is 4. The Morgan fingerprint density at radius 1 is 0.960 bits per heavy atom. The maximum atomic E-state index is 4.66. The van der Waals surface area contributed by atoms with E-state index in [1.54, 1.807) is 0 Å². The standard InChI is InChI=1S/C21H22N4/c1-24-15-18(14-23-24)20-11-17-13-22-19(12-21(17)25(20)2)10-6-9-16-7-4-3-5-8-16/h3-5,7-8,11-15H,6,9-10H2,1-2H3. The number of hydrogen-bond acceptors (Lipinski definition) is 2. The number of aromatic nitrogens is 4. The number of rotatable bonds is 5. The van der Waals surface area contributed by atoms with E-state index in [1.165, 1.54) is 22.2 Å². The Hall–Kier alpha value is -2.88. The normalized spacial score (nSPS) is 11.3. The van der Waals surface area contributed by atoms with Crippen LogP contribution in [0.2, 0.25) is 0 Å². The van der Waals surface area contributed by atoms with Crippen molar-refractivity contribution in [2.75, 3.05) is 0 Å². The minimum atomic E-state index is 0.998. The zero-order valence-corrected chi connectivity index (χ0v) is 14.7. The van der Waals surface area contributed by atoms with Crippen LogP contribution in [0.5, 0.6) is 0 Å². The van der Waals surface area contributed by atoms with Gasteiger partial charge < -0.3 is 4.57 Å². The first-order chi connectivity index (χ1) is 12.2. The molecule has 0 aliphatic rings. The van der Waals surface area contributed by atoms with Crippen molar-refractivity contribution in [3.05, 3.63) is 72.3 Å². The van der Waals surface area contributed by atoms with Crippen LogP contribution in [-0.2, 0) is 26.9 Å². The summed E-state index contributed by atoms with van der Waals surface area (Å²) in [7, 11) is 4.05. The van der Waals surface area contributed by atoms with Crippen LogP contribution in [0.1, 0.15) is 17.7 Å². The molecule has 4 heteroatoms. The number of benzene rings is 1. The van der Waals surface area contributed by atoms with Gasteiger partial charge in [-0.15, -0.1) is 0 Å². The summed E-state index contributed by atoms with van der Waals surface area (Å²) in [6.07, 6.45) is 9.15. The Bertz CT molecular complexity index is 995. The molecule has 0 aliphatic heterocycles. The lowest BCUT2D eigenvalue weighted by Gasteiger charge is -2.04. The van der Waals surface area contributed by atoms with Crippen LogP contribution >= 0.6 is 0 Å². The Morgan fingerprint density at radius 3 is 2.56 bits per heavy atom. The van der Waals surface area contributed by atoms with Gasteiger partial charge in [0, 0.05) is 43.1 Å². The fraction of sp³-hybridized carbons (Fsp3) is 0.238. The van der Waals surface area contributed by atoms with Gasteiger partial charge in [0.05, 0.1) is 17.4 Å². The topological polar surface area (TPSA) is 35.6 Å². The molecule has 1 aromatic carbocycles. The van der Waals surface area contributed by atoms with Crippen LogP contribution in [-0.4, -0.2) is 19.3 Å². The quantitative estimate of drug-likeness (QED) is 0.551. The van der Waals surface area contributed by atoms with E-state index in [1.807, 2.05) is 30.3 Å². The van der Waals surface area contributed by atoms with Crippen molar-refractivity contribution >= 4 is 10.9 Å². The third-order valence-electron chi connectivity index (χ3n) is 4.73. The summed E-state index contributed by atoms with van der Waals surface area (Å²) < 4.78 is 4.06. The smallest absolute Gasteiger partial charge is 0.0583 e. The number of hydrogen-bond donors (Lipinski definition) is 0. The monoisotopic (exact) mass is 330 g/mol.